The smallest absolute Gasteiger partial charge is 0.225 e. The van der Waals surface area contributed by atoms with E-state index in [1.165, 1.54) is 0 Å². The Kier molecular flexibility index (Phi) is 3.82. The Morgan fingerprint density at radius 1 is 1.33 bits per heavy atom. The summed E-state index contributed by atoms with van der Waals surface area (Å²) in [6.07, 6.45) is 2.47. The minimum atomic E-state index is -0.198. The minimum absolute atomic E-state index is 0.0306. The van der Waals surface area contributed by atoms with Gasteiger partial charge in [0.1, 0.15) is 5.75 Å². The fourth-order valence-electron chi connectivity index (χ4n) is 2.60. The maximum Gasteiger partial charge on any atom is 0.225 e. The van der Waals surface area contributed by atoms with E-state index in [1.807, 2.05) is 24.3 Å². The van der Waals surface area contributed by atoms with Crippen molar-refractivity contribution in [2.45, 2.75) is 31.8 Å². The summed E-state index contributed by atoms with van der Waals surface area (Å²) in [6, 6.07) is 8.01. The van der Waals surface area contributed by atoms with Crippen molar-refractivity contribution in [3.8, 4) is 5.75 Å². The lowest BCUT2D eigenvalue weighted by atomic mass is 10.1. The predicted octanol–water partition coefficient (Wildman–Crippen LogP) is 1.32. The van der Waals surface area contributed by atoms with Gasteiger partial charge < -0.3 is 15.0 Å². The average molecular weight is 288 g/mol. The van der Waals surface area contributed by atoms with Crippen molar-refractivity contribution in [3.05, 3.63) is 29.8 Å². The number of ether oxygens (including phenoxy) is 1. The zero-order valence-electron chi connectivity index (χ0n) is 12.2. The Morgan fingerprint density at radius 3 is 2.67 bits per heavy atom. The minimum Gasteiger partial charge on any atom is -0.497 e. The number of methoxy groups -OCH3 is 1. The van der Waals surface area contributed by atoms with Crippen LogP contribution in [-0.2, 0) is 16.1 Å². The van der Waals surface area contributed by atoms with E-state index in [1.54, 1.807) is 12.0 Å². The van der Waals surface area contributed by atoms with Crippen LogP contribution in [0.4, 0.5) is 0 Å². The number of rotatable bonds is 5. The number of nitrogens with one attached hydrogen (secondary N) is 1. The Bertz CT molecular complexity index is 537. The van der Waals surface area contributed by atoms with Crippen LogP contribution in [0.25, 0.3) is 0 Å². The van der Waals surface area contributed by atoms with Gasteiger partial charge in [0.05, 0.1) is 13.0 Å². The van der Waals surface area contributed by atoms with Crippen LogP contribution in [0, 0.1) is 5.92 Å². The van der Waals surface area contributed by atoms with E-state index in [4.69, 9.17) is 4.74 Å². The summed E-state index contributed by atoms with van der Waals surface area (Å²) in [5.74, 6) is 0.689. The van der Waals surface area contributed by atoms with E-state index in [0.29, 0.717) is 25.6 Å². The fourth-order valence-corrected chi connectivity index (χ4v) is 2.60. The van der Waals surface area contributed by atoms with Gasteiger partial charge >= 0.3 is 0 Å². The maximum absolute atomic E-state index is 12.0. The van der Waals surface area contributed by atoms with Gasteiger partial charge in [-0.05, 0) is 30.5 Å². The van der Waals surface area contributed by atoms with Crippen molar-refractivity contribution in [3.63, 3.8) is 0 Å². The van der Waals surface area contributed by atoms with Crippen molar-refractivity contribution < 1.29 is 14.3 Å². The van der Waals surface area contributed by atoms with Crippen molar-refractivity contribution in [2.75, 3.05) is 13.7 Å². The third-order valence-electron chi connectivity index (χ3n) is 4.04. The van der Waals surface area contributed by atoms with Gasteiger partial charge in [-0.1, -0.05) is 12.1 Å². The highest BCUT2D eigenvalue weighted by molar-refractivity contribution is 5.89. The maximum atomic E-state index is 12.0. The van der Waals surface area contributed by atoms with Gasteiger partial charge in [0.2, 0.25) is 11.8 Å². The van der Waals surface area contributed by atoms with Gasteiger partial charge in [-0.2, -0.15) is 0 Å². The summed E-state index contributed by atoms with van der Waals surface area (Å²) >= 11 is 0. The first-order valence-electron chi connectivity index (χ1n) is 7.37. The first-order chi connectivity index (χ1) is 10.2. The molecule has 1 atom stereocenters. The number of hydrogen-bond donors (Lipinski definition) is 1. The van der Waals surface area contributed by atoms with E-state index < -0.39 is 0 Å². The Balaban J connectivity index is 1.57. The van der Waals surface area contributed by atoms with E-state index in [2.05, 4.69) is 5.32 Å². The molecule has 5 nitrogen and oxygen atoms in total. The van der Waals surface area contributed by atoms with Crippen molar-refractivity contribution >= 4 is 11.8 Å². The van der Waals surface area contributed by atoms with Crippen LogP contribution in [0.5, 0.6) is 5.75 Å². The third-order valence-corrected chi connectivity index (χ3v) is 4.04. The van der Waals surface area contributed by atoms with Crippen LogP contribution in [0.1, 0.15) is 24.8 Å². The first kappa shape index (κ1) is 13.9. The Morgan fingerprint density at radius 2 is 2.05 bits per heavy atom. The molecule has 3 rings (SSSR count). The first-order valence-corrected chi connectivity index (χ1v) is 7.37. The molecule has 0 unspecified atom stereocenters. The van der Waals surface area contributed by atoms with Gasteiger partial charge in [-0.25, -0.2) is 0 Å². The Labute approximate surface area is 124 Å². The molecule has 1 saturated heterocycles. The molecule has 1 N–H and O–H groups in total. The second-order valence-corrected chi connectivity index (χ2v) is 5.81. The van der Waals surface area contributed by atoms with Crippen LogP contribution >= 0.6 is 0 Å². The molecule has 5 heteroatoms. The molecule has 0 radical (unpaired) electrons. The Hall–Kier alpha value is -2.04. The van der Waals surface area contributed by atoms with Crippen molar-refractivity contribution in [2.24, 2.45) is 5.92 Å². The second-order valence-electron chi connectivity index (χ2n) is 5.81. The van der Waals surface area contributed by atoms with Gasteiger partial charge in [-0.3, -0.25) is 9.59 Å². The fraction of sp³-hybridized carbons (Fsp3) is 0.500. The van der Waals surface area contributed by atoms with E-state index in [0.717, 1.165) is 24.2 Å². The summed E-state index contributed by atoms with van der Waals surface area (Å²) in [6.45, 7) is 1.07. The lowest BCUT2D eigenvalue weighted by molar-refractivity contribution is -0.129. The zero-order valence-corrected chi connectivity index (χ0v) is 12.2. The number of carbonyl (C=O) groups excluding carboxylic acids is 2. The molecule has 1 aromatic rings. The molecule has 0 aromatic heterocycles. The number of hydrogen-bond acceptors (Lipinski definition) is 3. The molecule has 1 aliphatic carbocycles. The highest BCUT2D eigenvalue weighted by atomic mass is 16.5. The molecule has 1 saturated carbocycles. The van der Waals surface area contributed by atoms with E-state index in [-0.39, 0.29) is 17.7 Å². The lowest BCUT2D eigenvalue weighted by Gasteiger charge is -2.17. The number of benzene rings is 1. The topological polar surface area (TPSA) is 58.6 Å². The summed E-state index contributed by atoms with van der Waals surface area (Å²) in [5.41, 5.74) is 1.05. The predicted molar refractivity (Wildman–Crippen MR) is 77.7 cm³/mol. The summed E-state index contributed by atoms with van der Waals surface area (Å²) < 4.78 is 5.12. The molecule has 2 amide bonds. The molecule has 21 heavy (non-hydrogen) atoms. The normalized spacial score (nSPS) is 21.5. The average Bonchev–Trinajstić information content (AvgIpc) is 3.23. The van der Waals surface area contributed by atoms with Crippen LogP contribution in [0.2, 0.25) is 0 Å². The van der Waals surface area contributed by atoms with Gasteiger partial charge in [-0.15, -0.1) is 0 Å². The van der Waals surface area contributed by atoms with Gasteiger partial charge in [0.15, 0.2) is 0 Å². The molecular formula is C16H20N2O3. The zero-order chi connectivity index (χ0) is 14.8. The van der Waals surface area contributed by atoms with E-state index >= 15 is 0 Å². The van der Waals surface area contributed by atoms with Crippen molar-refractivity contribution in [1.82, 2.24) is 10.2 Å². The van der Waals surface area contributed by atoms with Crippen LogP contribution in [0.3, 0.4) is 0 Å². The largest absolute Gasteiger partial charge is 0.497 e. The molecule has 2 fully saturated rings. The van der Waals surface area contributed by atoms with Gasteiger partial charge in [0, 0.05) is 25.6 Å². The number of amides is 2. The quantitative estimate of drug-likeness (QED) is 0.889. The highest BCUT2D eigenvalue weighted by Crippen LogP contribution is 2.24. The summed E-state index contributed by atoms with van der Waals surface area (Å²) in [4.78, 5) is 25.8. The monoisotopic (exact) mass is 288 g/mol. The van der Waals surface area contributed by atoms with Crippen LogP contribution in [0.15, 0.2) is 24.3 Å². The standard InChI is InChI=1S/C16H20N2O3/c1-21-14-6-2-11(3-7-14)9-18-10-12(8-15(18)19)16(20)17-13-4-5-13/h2-3,6-7,12-13H,4-5,8-10H2,1H3,(H,17,20)/t12-/m0/s1. The molecule has 0 spiro atoms. The highest BCUT2D eigenvalue weighted by Gasteiger charge is 2.36. The number of likely N-dealkylation sites (tertiary alicyclic amines) is 1. The number of carbonyl (C=O) groups is 2. The van der Waals surface area contributed by atoms with Gasteiger partial charge in [0.25, 0.3) is 0 Å². The molecule has 1 heterocycles. The van der Waals surface area contributed by atoms with Crippen LogP contribution < -0.4 is 10.1 Å². The molecule has 112 valence electrons. The summed E-state index contributed by atoms with van der Waals surface area (Å²) in [7, 11) is 1.63. The number of nitrogens with zero attached hydrogens (tertiary/aromatic N) is 1. The molecular weight excluding hydrogens is 268 g/mol. The molecule has 0 bridgehead atoms. The lowest BCUT2D eigenvalue weighted by Crippen LogP contribution is -2.34. The summed E-state index contributed by atoms with van der Waals surface area (Å²) in [5, 5.41) is 2.98. The second kappa shape index (κ2) is 5.76. The van der Waals surface area contributed by atoms with E-state index in [9.17, 15) is 9.59 Å². The SMILES string of the molecule is COc1ccc(CN2C[C@@H](C(=O)NC3CC3)CC2=O)cc1. The van der Waals surface area contributed by atoms with Crippen LogP contribution in [-0.4, -0.2) is 36.4 Å². The molecule has 1 aliphatic heterocycles. The third kappa shape index (κ3) is 3.35. The van der Waals surface area contributed by atoms with Crippen molar-refractivity contribution in [1.29, 1.82) is 0 Å². The molecule has 1 aromatic carbocycles. The molecule has 2 aliphatic rings.